The van der Waals surface area contributed by atoms with E-state index in [1.807, 2.05) is 35.2 Å². The number of nitrogens with zero attached hydrogens (tertiary/aromatic N) is 1. The molecule has 1 N–H and O–H groups in total. The van der Waals surface area contributed by atoms with Gasteiger partial charge in [0.15, 0.2) is 11.5 Å². The van der Waals surface area contributed by atoms with Crippen molar-refractivity contribution in [2.24, 2.45) is 0 Å². The van der Waals surface area contributed by atoms with E-state index in [2.05, 4.69) is 0 Å². The predicted molar refractivity (Wildman–Crippen MR) is 107 cm³/mol. The topological polar surface area (TPSA) is 68.2 Å². The van der Waals surface area contributed by atoms with Crippen LogP contribution in [-0.4, -0.2) is 49.9 Å². The van der Waals surface area contributed by atoms with E-state index in [1.165, 1.54) is 0 Å². The number of carboxylic acids is 1. The van der Waals surface area contributed by atoms with Crippen LogP contribution < -0.4 is 14.2 Å². The van der Waals surface area contributed by atoms with Crippen molar-refractivity contribution in [1.29, 1.82) is 0 Å². The SMILES string of the molecule is COc1cc(C(c2cccc(Cl)c2)N2CCCC2C(=O)O)cc(OC)c1OC. The van der Waals surface area contributed by atoms with Gasteiger partial charge in [0.2, 0.25) is 5.75 Å². The maximum Gasteiger partial charge on any atom is 0.320 e. The monoisotopic (exact) mass is 405 g/mol. The number of carboxylic acid groups (broad SMARTS) is 1. The van der Waals surface area contributed by atoms with Crippen LogP contribution in [0.25, 0.3) is 0 Å². The van der Waals surface area contributed by atoms with E-state index in [-0.39, 0.29) is 6.04 Å². The number of rotatable bonds is 7. The number of benzene rings is 2. The fraction of sp³-hybridized carbons (Fsp3) is 0.381. The standard InChI is InChI=1S/C21H24ClNO5/c1-26-17-11-14(12-18(27-2)20(17)28-3)19(13-6-4-7-15(22)10-13)23-9-5-8-16(23)21(24)25/h4,6-7,10-12,16,19H,5,8-9H2,1-3H3,(H,24,25). The molecule has 1 fully saturated rings. The molecule has 0 spiro atoms. The number of aliphatic carboxylic acids is 1. The van der Waals surface area contributed by atoms with E-state index < -0.39 is 12.0 Å². The lowest BCUT2D eigenvalue weighted by Gasteiger charge is -2.32. The zero-order chi connectivity index (χ0) is 20.3. The van der Waals surface area contributed by atoms with Crippen LogP contribution in [-0.2, 0) is 4.79 Å². The normalized spacial score (nSPS) is 17.9. The Morgan fingerprint density at radius 2 is 1.79 bits per heavy atom. The lowest BCUT2D eigenvalue weighted by atomic mass is 9.95. The number of methoxy groups -OCH3 is 3. The maximum absolute atomic E-state index is 11.9. The highest BCUT2D eigenvalue weighted by molar-refractivity contribution is 6.30. The van der Waals surface area contributed by atoms with Crippen LogP contribution in [0.5, 0.6) is 17.2 Å². The van der Waals surface area contributed by atoms with Crippen LogP contribution in [0.15, 0.2) is 36.4 Å². The van der Waals surface area contributed by atoms with E-state index in [1.54, 1.807) is 27.4 Å². The fourth-order valence-electron chi connectivity index (χ4n) is 3.87. The minimum absolute atomic E-state index is 0.309. The smallest absolute Gasteiger partial charge is 0.320 e. The van der Waals surface area contributed by atoms with Crippen molar-refractivity contribution < 1.29 is 24.1 Å². The molecule has 0 bridgehead atoms. The van der Waals surface area contributed by atoms with Crippen molar-refractivity contribution >= 4 is 17.6 Å². The van der Waals surface area contributed by atoms with Gasteiger partial charge in [-0.25, -0.2) is 0 Å². The average Bonchev–Trinajstić information content (AvgIpc) is 3.17. The van der Waals surface area contributed by atoms with Gasteiger partial charge in [-0.2, -0.15) is 0 Å². The molecule has 0 aromatic heterocycles. The first kappa shape index (κ1) is 20.3. The Kier molecular flexibility index (Phi) is 6.31. The van der Waals surface area contributed by atoms with Gasteiger partial charge in [-0.05, 0) is 48.2 Å². The molecule has 28 heavy (non-hydrogen) atoms. The van der Waals surface area contributed by atoms with Gasteiger partial charge in [-0.3, -0.25) is 9.69 Å². The number of ether oxygens (including phenoxy) is 3. The molecule has 0 aliphatic carbocycles. The maximum atomic E-state index is 11.9. The Labute approximate surface area is 169 Å². The third-order valence-corrected chi connectivity index (χ3v) is 5.31. The highest BCUT2D eigenvalue weighted by Gasteiger charge is 2.37. The second kappa shape index (κ2) is 8.71. The first-order chi connectivity index (χ1) is 13.5. The molecule has 2 atom stereocenters. The van der Waals surface area contributed by atoms with Crippen LogP contribution in [0.2, 0.25) is 5.02 Å². The molecule has 1 aliphatic rings. The van der Waals surface area contributed by atoms with Gasteiger partial charge in [0, 0.05) is 11.6 Å². The zero-order valence-corrected chi connectivity index (χ0v) is 16.9. The molecule has 2 aromatic rings. The first-order valence-corrected chi connectivity index (χ1v) is 9.41. The molecule has 2 aromatic carbocycles. The van der Waals surface area contributed by atoms with Crippen molar-refractivity contribution in [3.05, 3.63) is 52.5 Å². The van der Waals surface area contributed by atoms with Crippen molar-refractivity contribution in [1.82, 2.24) is 4.90 Å². The summed E-state index contributed by atoms with van der Waals surface area (Å²) in [7, 11) is 4.67. The van der Waals surface area contributed by atoms with Crippen molar-refractivity contribution in [2.75, 3.05) is 27.9 Å². The van der Waals surface area contributed by atoms with E-state index >= 15 is 0 Å². The number of hydrogen-bond acceptors (Lipinski definition) is 5. The Morgan fingerprint density at radius 3 is 2.32 bits per heavy atom. The molecular weight excluding hydrogens is 382 g/mol. The van der Waals surface area contributed by atoms with E-state index in [4.69, 9.17) is 25.8 Å². The van der Waals surface area contributed by atoms with Gasteiger partial charge in [-0.1, -0.05) is 23.7 Å². The van der Waals surface area contributed by atoms with Gasteiger partial charge in [0.25, 0.3) is 0 Å². The Hall–Kier alpha value is -2.44. The lowest BCUT2D eigenvalue weighted by Crippen LogP contribution is -2.39. The van der Waals surface area contributed by atoms with Crippen LogP contribution >= 0.6 is 11.6 Å². The summed E-state index contributed by atoms with van der Waals surface area (Å²) in [4.78, 5) is 13.9. The summed E-state index contributed by atoms with van der Waals surface area (Å²) in [5.41, 5.74) is 1.76. The summed E-state index contributed by atoms with van der Waals surface area (Å²) in [6.45, 7) is 0.671. The highest BCUT2D eigenvalue weighted by atomic mass is 35.5. The number of halogens is 1. The second-order valence-electron chi connectivity index (χ2n) is 6.65. The molecule has 6 nitrogen and oxygen atoms in total. The molecule has 150 valence electrons. The Bertz CT molecular complexity index is 831. The van der Waals surface area contributed by atoms with Gasteiger partial charge >= 0.3 is 5.97 Å². The van der Waals surface area contributed by atoms with Crippen molar-refractivity contribution in [3.63, 3.8) is 0 Å². The summed E-state index contributed by atoms with van der Waals surface area (Å²) in [6, 6.07) is 10.3. The molecule has 0 radical (unpaired) electrons. The zero-order valence-electron chi connectivity index (χ0n) is 16.1. The molecule has 0 saturated carbocycles. The summed E-state index contributed by atoms with van der Waals surface area (Å²) in [5, 5.41) is 10.3. The Balaban J connectivity index is 2.18. The van der Waals surface area contributed by atoms with Gasteiger partial charge in [0.1, 0.15) is 6.04 Å². The molecule has 1 heterocycles. The molecule has 1 aliphatic heterocycles. The van der Waals surface area contributed by atoms with E-state index in [9.17, 15) is 9.90 Å². The van der Waals surface area contributed by atoms with Crippen molar-refractivity contribution in [3.8, 4) is 17.2 Å². The first-order valence-electron chi connectivity index (χ1n) is 9.04. The van der Waals surface area contributed by atoms with Crippen LogP contribution in [0.4, 0.5) is 0 Å². The lowest BCUT2D eigenvalue weighted by molar-refractivity contribution is -0.142. The second-order valence-corrected chi connectivity index (χ2v) is 7.09. The van der Waals surface area contributed by atoms with Crippen LogP contribution in [0.3, 0.4) is 0 Å². The summed E-state index contributed by atoms with van der Waals surface area (Å²) < 4.78 is 16.4. The molecule has 3 rings (SSSR count). The minimum Gasteiger partial charge on any atom is -0.493 e. The average molecular weight is 406 g/mol. The summed E-state index contributed by atoms with van der Waals surface area (Å²) in [6.07, 6.45) is 1.43. The van der Waals surface area contributed by atoms with Gasteiger partial charge in [-0.15, -0.1) is 0 Å². The van der Waals surface area contributed by atoms with E-state index in [0.717, 1.165) is 17.5 Å². The van der Waals surface area contributed by atoms with Gasteiger partial charge < -0.3 is 19.3 Å². The molecule has 1 saturated heterocycles. The summed E-state index contributed by atoms with van der Waals surface area (Å²) >= 11 is 6.24. The highest BCUT2D eigenvalue weighted by Crippen LogP contribution is 2.43. The number of hydrogen-bond donors (Lipinski definition) is 1. The van der Waals surface area contributed by atoms with Crippen LogP contribution in [0.1, 0.15) is 30.0 Å². The Morgan fingerprint density at radius 1 is 1.11 bits per heavy atom. The number of likely N-dealkylation sites (tertiary alicyclic amines) is 1. The summed E-state index contributed by atoms with van der Waals surface area (Å²) in [5.74, 6) is 0.719. The number of carbonyl (C=O) groups is 1. The third-order valence-electron chi connectivity index (χ3n) is 5.08. The quantitative estimate of drug-likeness (QED) is 0.750. The molecular formula is C21H24ClNO5. The molecule has 7 heteroatoms. The minimum atomic E-state index is -0.822. The molecule has 0 amide bonds. The fourth-order valence-corrected chi connectivity index (χ4v) is 4.07. The molecule has 2 unspecified atom stereocenters. The predicted octanol–water partition coefficient (Wildman–Crippen LogP) is 4.00. The van der Waals surface area contributed by atoms with E-state index in [0.29, 0.717) is 35.2 Å². The third kappa shape index (κ3) is 3.88. The van der Waals surface area contributed by atoms with Gasteiger partial charge in [0.05, 0.1) is 27.4 Å². The van der Waals surface area contributed by atoms with Crippen molar-refractivity contribution in [2.45, 2.75) is 24.9 Å². The largest absolute Gasteiger partial charge is 0.493 e. The van der Waals surface area contributed by atoms with Crippen LogP contribution in [0, 0.1) is 0 Å².